The summed E-state index contributed by atoms with van der Waals surface area (Å²) in [6.45, 7) is 3.88. The third kappa shape index (κ3) is 3.05. The summed E-state index contributed by atoms with van der Waals surface area (Å²) < 4.78 is 7.85. The first-order chi connectivity index (χ1) is 12.4. The molecular formula is C18H20N4O4. The Balaban J connectivity index is 2.25. The highest BCUT2D eigenvalue weighted by molar-refractivity contribution is 5.71. The molecule has 1 atom stereocenters. The Morgan fingerprint density at radius 1 is 1.31 bits per heavy atom. The summed E-state index contributed by atoms with van der Waals surface area (Å²) in [7, 11) is 1.28. The summed E-state index contributed by atoms with van der Waals surface area (Å²) in [5.41, 5.74) is 0.573. The van der Waals surface area contributed by atoms with Crippen molar-refractivity contribution in [3.05, 3.63) is 58.3 Å². The van der Waals surface area contributed by atoms with E-state index >= 15 is 0 Å². The zero-order chi connectivity index (χ0) is 18.8. The molecule has 0 radical (unpaired) electrons. The normalized spacial score (nSPS) is 12.5. The number of carbonyl (C=O) groups is 1. The largest absolute Gasteiger partial charge is 0.493 e. The second kappa shape index (κ2) is 6.99. The summed E-state index contributed by atoms with van der Waals surface area (Å²) in [5.74, 6) is -1.63. The fraction of sp³-hybridized carbons (Fsp3) is 0.333. The van der Waals surface area contributed by atoms with Crippen molar-refractivity contribution in [2.75, 3.05) is 7.11 Å². The van der Waals surface area contributed by atoms with Gasteiger partial charge in [0.05, 0.1) is 19.1 Å². The number of aromatic nitrogens is 4. The van der Waals surface area contributed by atoms with Gasteiger partial charge in [0.1, 0.15) is 5.65 Å². The van der Waals surface area contributed by atoms with Crippen molar-refractivity contribution in [1.29, 1.82) is 0 Å². The molecule has 0 saturated carbocycles. The zero-order valence-electron chi connectivity index (χ0n) is 14.8. The van der Waals surface area contributed by atoms with Crippen LogP contribution in [0.25, 0.3) is 5.65 Å². The number of nitrogens with zero attached hydrogens (tertiary/aromatic N) is 4. The SMILES string of the molecule is COC(=O)C[C@@H](c1c(O)nc2ccccn2c1=O)c1ccnn1C(C)C. The Kier molecular flexibility index (Phi) is 4.75. The third-order valence-electron chi connectivity index (χ3n) is 4.24. The third-order valence-corrected chi connectivity index (χ3v) is 4.24. The highest BCUT2D eigenvalue weighted by Crippen LogP contribution is 2.32. The van der Waals surface area contributed by atoms with E-state index in [-0.39, 0.29) is 18.0 Å². The molecule has 0 fully saturated rings. The average molecular weight is 356 g/mol. The highest BCUT2D eigenvalue weighted by Gasteiger charge is 2.29. The maximum absolute atomic E-state index is 13.0. The number of fused-ring (bicyclic) bond motifs is 1. The fourth-order valence-corrected chi connectivity index (χ4v) is 3.03. The van der Waals surface area contributed by atoms with Gasteiger partial charge in [0, 0.05) is 30.0 Å². The molecule has 0 spiro atoms. The maximum Gasteiger partial charge on any atom is 0.306 e. The van der Waals surface area contributed by atoms with E-state index in [0.717, 1.165) is 0 Å². The smallest absolute Gasteiger partial charge is 0.306 e. The molecule has 0 aliphatic heterocycles. The minimum atomic E-state index is -0.732. The number of aromatic hydroxyl groups is 1. The van der Waals surface area contributed by atoms with E-state index in [4.69, 9.17) is 4.74 Å². The molecule has 3 heterocycles. The predicted molar refractivity (Wildman–Crippen MR) is 94.2 cm³/mol. The van der Waals surface area contributed by atoms with Crippen LogP contribution in [0.4, 0.5) is 0 Å². The molecule has 0 aliphatic carbocycles. The molecule has 0 aliphatic rings. The van der Waals surface area contributed by atoms with Gasteiger partial charge in [-0.15, -0.1) is 0 Å². The van der Waals surface area contributed by atoms with Gasteiger partial charge in [-0.25, -0.2) is 0 Å². The minimum absolute atomic E-state index is 0.0125. The van der Waals surface area contributed by atoms with Crippen LogP contribution < -0.4 is 5.56 Å². The Morgan fingerprint density at radius 2 is 2.08 bits per heavy atom. The van der Waals surface area contributed by atoms with Crippen LogP contribution in [-0.2, 0) is 9.53 Å². The zero-order valence-corrected chi connectivity index (χ0v) is 14.8. The Morgan fingerprint density at radius 3 is 2.77 bits per heavy atom. The molecule has 0 saturated heterocycles. The lowest BCUT2D eigenvalue weighted by Crippen LogP contribution is -2.26. The molecule has 0 unspecified atom stereocenters. The first-order valence-electron chi connectivity index (χ1n) is 8.24. The van der Waals surface area contributed by atoms with E-state index in [1.165, 1.54) is 11.5 Å². The van der Waals surface area contributed by atoms with E-state index < -0.39 is 23.3 Å². The molecule has 8 nitrogen and oxygen atoms in total. The number of pyridine rings is 1. The predicted octanol–water partition coefficient (Wildman–Crippen LogP) is 1.87. The minimum Gasteiger partial charge on any atom is -0.493 e. The van der Waals surface area contributed by atoms with Gasteiger partial charge in [-0.3, -0.25) is 18.7 Å². The fourth-order valence-electron chi connectivity index (χ4n) is 3.03. The molecular weight excluding hydrogens is 336 g/mol. The van der Waals surface area contributed by atoms with Crippen molar-refractivity contribution in [1.82, 2.24) is 19.2 Å². The number of ether oxygens (including phenoxy) is 1. The second-order valence-corrected chi connectivity index (χ2v) is 6.21. The van der Waals surface area contributed by atoms with Crippen LogP contribution >= 0.6 is 0 Å². The number of carbonyl (C=O) groups excluding carboxylic acids is 1. The summed E-state index contributed by atoms with van der Waals surface area (Å²) in [6.07, 6.45) is 3.06. The van der Waals surface area contributed by atoms with Crippen LogP contribution in [0.15, 0.2) is 41.5 Å². The van der Waals surface area contributed by atoms with Crippen molar-refractivity contribution in [2.45, 2.75) is 32.2 Å². The van der Waals surface area contributed by atoms with Gasteiger partial charge in [0.2, 0.25) is 5.88 Å². The van der Waals surface area contributed by atoms with Crippen molar-refractivity contribution in [2.24, 2.45) is 0 Å². The Bertz CT molecular complexity index is 1010. The molecule has 3 aromatic heterocycles. The van der Waals surface area contributed by atoms with E-state index in [0.29, 0.717) is 11.3 Å². The maximum atomic E-state index is 13.0. The van der Waals surface area contributed by atoms with Gasteiger partial charge in [0.25, 0.3) is 5.56 Å². The van der Waals surface area contributed by atoms with E-state index in [1.54, 1.807) is 41.3 Å². The number of methoxy groups -OCH3 is 1. The number of rotatable bonds is 5. The van der Waals surface area contributed by atoms with Gasteiger partial charge >= 0.3 is 5.97 Å². The molecule has 1 N–H and O–H groups in total. The van der Waals surface area contributed by atoms with Crippen LogP contribution in [0.3, 0.4) is 0 Å². The Hall–Kier alpha value is -3.16. The van der Waals surface area contributed by atoms with E-state index in [1.807, 2.05) is 13.8 Å². The lowest BCUT2D eigenvalue weighted by Gasteiger charge is -2.20. The van der Waals surface area contributed by atoms with E-state index in [2.05, 4.69) is 10.1 Å². The van der Waals surface area contributed by atoms with Gasteiger partial charge in [-0.1, -0.05) is 6.07 Å². The van der Waals surface area contributed by atoms with E-state index in [9.17, 15) is 14.7 Å². The van der Waals surface area contributed by atoms with Crippen LogP contribution in [0.1, 0.15) is 43.5 Å². The first kappa shape index (κ1) is 17.7. The summed E-state index contributed by atoms with van der Waals surface area (Å²) >= 11 is 0. The quantitative estimate of drug-likeness (QED) is 0.701. The Labute approximate surface area is 149 Å². The van der Waals surface area contributed by atoms with Crippen LogP contribution in [0.5, 0.6) is 5.88 Å². The molecule has 136 valence electrons. The number of hydrogen-bond donors (Lipinski definition) is 1. The lowest BCUT2D eigenvalue weighted by atomic mass is 9.93. The van der Waals surface area contributed by atoms with Gasteiger partial charge < -0.3 is 9.84 Å². The average Bonchev–Trinajstić information content (AvgIpc) is 3.10. The number of hydrogen-bond acceptors (Lipinski definition) is 6. The van der Waals surface area contributed by atoms with Crippen molar-refractivity contribution < 1.29 is 14.6 Å². The summed E-state index contributed by atoms with van der Waals surface area (Å²) in [6, 6.07) is 6.79. The molecule has 3 aromatic rings. The monoisotopic (exact) mass is 356 g/mol. The number of esters is 1. The molecule has 8 heteroatoms. The van der Waals surface area contributed by atoms with Crippen LogP contribution in [0.2, 0.25) is 0 Å². The lowest BCUT2D eigenvalue weighted by molar-refractivity contribution is -0.140. The van der Waals surface area contributed by atoms with Crippen molar-refractivity contribution >= 4 is 11.6 Å². The van der Waals surface area contributed by atoms with Crippen LogP contribution in [0, 0.1) is 0 Å². The summed E-state index contributed by atoms with van der Waals surface area (Å²) in [4.78, 5) is 29.1. The second-order valence-electron chi connectivity index (χ2n) is 6.21. The molecule has 0 amide bonds. The van der Waals surface area contributed by atoms with Crippen LogP contribution in [-0.4, -0.2) is 37.4 Å². The molecule has 26 heavy (non-hydrogen) atoms. The molecule has 0 bridgehead atoms. The van der Waals surface area contributed by atoms with Crippen molar-refractivity contribution in [3.63, 3.8) is 0 Å². The molecule has 3 rings (SSSR count). The van der Waals surface area contributed by atoms with Crippen molar-refractivity contribution in [3.8, 4) is 5.88 Å². The first-order valence-corrected chi connectivity index (χ1v) is 8.24. The van der Waals surface area contributed by atoms with Gasteiger partial charge in [-0.05, 0) is 32.0 Å². The van der Waals surface area contributed by atoms with Gasteiger partial charge in [-0.2, -0.15) is 10.1 Å². The molecule has 0 aromatic carbocycles. The summed E-state index contributed by atoms with van der Waals surface area (Å²) in [5, 5.41) is 14.7. The van der Waals surface area contributed by atoms with Gasteiger partial charge in [0.15, 0.2) is 0 Å². The topological polar surface area (TPSA) is 98.7 Å². The highest BCUT2D eigenvalue weighted by atomic mass is 16.5. The standard InChI is InChI=1S/C18H20N4O4/c1-11(2)22-13(7-8-19-22)12(10-15(23)26-3)16-17(24)20-14-6-4-5-9-21(14)18(16)25/h4-9,11-12,24H,10H2,1-3H3/t12-/m1/s1.